The third-order valence-corrected chi connectivity index (χ3v) is 6.71. The molecule has 0 bridgehead atoms. The number of unbranched alkanes of at least 4 members (excludes halogenated alkanes) is 1. The molecule has 0 radical (unpaired) electrons. The molecule has 1 aliphatic rings. The van der Waals surface area contributed by atoms with Crippen LogP contribution in [0.15, 0.2) is 48.5 Å². The molecule has 0 aromatic heterocycles. The van der Waals surface area contributed by atoms with Gasteiger partial charge < -0.3 is 20.5 Å². The van der Waals surface area contributed by atoms with E-state index < -0.39 is 30.1 Å². The fourth-order valence-electron chi connectivity index (χ4n) is 4.96. The highest BCUT2D eigenvalue weighted by atomic mass is 16.5. The van der Waals surface area contributed by atoms with Gasteiger partial charge in [0.1, 0.15) is 12.6 Å². The van der Waals surface area contributed by atoms with Crippen molar-refractivity contribution in [2.75, 3.05) is 6.61 Å². The number of carboxylic acid groups (broad SMARTS) is 1. The maximum Gasteiger partial charge on any atom is 0.407 e. The van der Waals surface area contributed by atoms with Crippen LogP contribution in [0.5, 0.6) is 0 Å². The second-order valence-corrected chi connectivity index (χ2v) is 9.57. The Bertz CT molecular complexity index is 1010. The summed E-state index contributed by atoms with van der Waals surface area (Å²) >= 11 is 0. The number of carbonyl (C=O) groups excluding carboxylic acids is 2. The zero-order valence-electron chi connectivity index (χ0n) is 20.9. The molecule has 2 unspecified atom stereocenters. The normalized spacial score (nSPS) is 15.0. The van der Waals surface area contributed by atoms with Crippen LogP contribution in [-0.2, 0) is 14.3 Å². The molecular formula is C28H36N2O5. The Morgan fingerprint density at radius 2 is 1.51 bits per heavy atom. The lowest BCUT2D eigenvalue weighted by Crippen LogP contribution is -2.51. The van der Waals surface area contributed by atoms with Gasteiger partial charge in [0.25, 0.3) is 0 Å². The number of alkyl carbamates (subject to hydrolysis) is 1. The molecule has 3 rings (SSSR count). The molecule has 1 aliphatic carbocycles. The predicted octanol–water partition coefficient (Wildman–Crippen LogP) is 4.95. The lowest BCUT2D eigenvalue weighted by atomic mass is 9.88. The number of hydrogen-bond donors (Lipinski definition) is 3. The quantitative estimate of drug-likeness (QED) is 0.422. The zero-order chi connectivity index (χ0) is 25.5. The van der Waals surface area contributed by atoms with Crippen molar-refractivity contribution in [2.45, 2.75) is 65.0 Å². The number of carboxylic acids is 1. The number of benzene rings is 2. The van der Waals surface area contributed by atoms with Crippen molar-refractivity contribution in [1.82, 2.24) is 10.6 Å². The molecule has 2 aromatic carbocycles. The first-order valence-electron chi connectivity index (χ1n) is 12.4. The molecule has 188 valence electrons. The zero-order valence-corrected chi connectivity index (χ0v) is 20.9. The summed E-state index contributed by atoms with van der Waals surface area (Å²) in [6.45, 7) is 7.65. The van der Waals surface area contributed by atoms with Crippen molar-refractivity contribution in [1.29, 1.82) is 0 Å². The van der Waals surface area contributed by atoms with Crippen LogP contribution in [0.3, 0.4) is 0 Å². The summed E-state index contributed by atoms with van der Waals surface area (Å²) in [5.74, 6) is -2.19. The van der Waals surface area contributed by atoms with E-state index >= 15 is 0 Å². The van der Waals surface area contributed by atoms with Gasteiger partial charge in [0.2, 0.25) is 5.91 Å². The molecular weight excluding hydrogens is 444 g/mol. The average Bonchev–Trinajstić information content (AvgIpc) is 3.13. The smallest absolute Gasteiger partial charge is 0.407 e. The van der Waals surface area contributed by atoms with E-state index in [1.54, 1.807) is 6.92 Å². The first kappa shape index (κ1) is 26.3. The highest BCUT2D eigenvalue weighted by Gasteiger charge is 2.33. The maximum atomic E-state index is 13.0. The minimum atomic E-state index is -1.05. The van der Waals surface area contributed by atoms with Gasteiger partial charge in [-0.2, -0.15) is 0 Å². The average molecular weight is 481 g/mol. The lowest BCUT2D eigenvalue weighted by Gasteiger charge is -2.28. The van der Waals surface area contributed by atoms with Crippen LogP contribution in [0.2, 0.25) is 0 Å². The summed E-state index contributed by atoms with van der Waals surface area (Å²) in [6, 6.07) is 14.8. The SMILES string of the molecule is CCCC[C@H](NC(=O)C(C(C)C)C(C)NC(=O)OCC1c2ccccc2-c2ccccc21)C(=O)O. The van der Waals surface area contributed by atoms with Crippen molar-refractivity contribution in [3.8, 4) is 11.1 Å². The summed E-state index contributed by atoms with van der Waals surface area (Å²) in [4.78, 5) is 37.2. The number of fused-ring (bicyclic) bond motifs is 3. The molecule has 0 saturated heterocycles. The molecule has 35 heavy (non-hydrogen) atoms. The van der Waals surface area contributed by atoms with E-state index in [1.165, 1.54) is 0 Å². The van der Waals surface area contributed by atoms with E-state index in [0.717, 1.165) is 28.7 Å². The maximum absolute atomic E-state index is 13.0. The Morgan fingerprint density at radius 3 is 2.03 bits per heavy atom. The Balaban J connectivity index is 1.62. The van der Waals surface area contributed by atoms with E-state index in [0.29, 0.717) is 12.8 Å². The summed E-state index contributed by atoms with van der Waals surface area (Å²) in [5.41, 5.74) is 4.55. The van der Waals surface area contributed by atoms with Crippen molar-refractivity contribution in [3.05, 3.63) is 59.7 Å². The van der Waals surface area contributed by atoms with Gasteiger partial charge in [-0.25, -0.2) is 9.59 Å². The minimum absolute atomic E-state index is 0.0532. The van der Waals surface area contributed by atoms with E-state index in [1.807, 2.05) is 45.0 Å². The monoisotopic (exact) mass is 480 g/mol. The van der Waals surface area contributed by atoms with Gasteiger partial charge >= 0.3 is 12.1 Å². The molecule has 3 N–H and O–H groups in total. The summed E-state index contributed by atoms with van der Waals surface area (Å²) in [7, 11) is 0. The highest BCUT2D eigenvalue weighted by Crippen LogP contribution is 2.44. The number of amides is 2. The summed E-state index contributed by atoms with van der Waals surface area (Å²) in [5, 5.41) is 14.9. The molecule has 7 heteroatoms. The number of ether oxygens (including phenoxy) is 1. The molecule has 0 saturated carbocycles. The van der Waals surface area contributed by atoms with Crippen molar-refractivity contribution in [2.24, 2.45) is 11.8 Å². The van der Waals surface area contributed by atoms with Crippen LogP contribution in [-0.4, -0.2) is 41.8 Å². The third kappa shape index (κ3) is 6.21. The van der Waals surface area contributed by atoms with E-state index in [2.05, 4.69) is 34.9 Å². The molecule has 0 aliphatic heterocycles. The number of carbonyl (C=O) groups is 3. The molecule has 3 atom stereocenters. The second kappa shape index (κ2) is 11.9. The Hall–Kier alpha value is -3.35. The topological polar surface area (TPSA) is 105 Å². The van der Waals surface area contributed by atoms with Crippen LogP contribution in [0.4, 0.5) is 4.79 Å². The van der Waals surface area contributed by atoms with Gasteiger partial charge in [-0.15, -0.1) is 0 Å². The number of aliphatic carboxylic acids is 1. The van der Waals surface area contributed by atoms with Crippen molar-refractivity contribution in [3.63, 3.8) is 0 Å². The standard InChI is InChI=1S/C28H36N2O5/c1-5-6-15-24(27(32)33)30-26(31)25(17(2)3)18(4)29-28(34)35-16-23-21-13-9-7-11-19(21)20-12-8-10-14-22(20)23/h7-14,17-18,23-25H,5-6,15-16H2,1-4H3,(H,29,34)(H,30,31)(H,32,33)/t18?,24-,25?/m0/s1. The summed E-state index contributed by atoms with van der Waals surface area (Å²) < 4.78 is 5.62. The second-order valence-electron chi connectivity index (χ2n) is 9.57. The van der Waals surface area contributed by atoms with Crippen LogP contribution in [0.1, 0.15) is 64.0 Å². The van der Waals surface area contributed by atoms with Crippen LogP contribution in [0.25, 0.3) is 11.1 Å². The lowest BCUT2D eigenvalue weighted by molar-refractivity contribution is -0.143. The van der Waals surface area contributed by atoms with Gasteiger partial charge in [0, 0.05) is 12.0 Å². The number of hydrogen-bond acceptors (Lipinski definition) is 4. The Kier molecular flexibility index (Phi) is 8.90. The molecule has 0 spiro atoms. The van der Waals surface area contributed by atoms with Crippen LogP contribution >= 0.6 is 0 Å². The molecule has 2 aromatic rings. The van der Waals surface area contributed by atoms with Gasteiger partial charge in [0.05, 0.1) is 5.92 Å². The summed E-state index contributed by atoms with van der Waals surface area (Å²) in [6.07, 6.45) is 1.32. The van der Waals surface area contributed by atoms with Crippen molar-refractivity contribution < 1.29 is 24.2 Å². The molecule has 0 fully saturated rings. The van der Waals surface area contributed by atoms with E-state index in [4.69, 9.17) is 4.74 Å². The fourth-order valence-corrected chi connectivity index (χ4v) is 4.96. The Labute approximate surface area is 207 Å². The Morgan fingerprint density at radius 1 is 0.943 bits per heavy atom. The van der Waals surface area contributed by atoms with Crippen LogP contribution < -0.4 is 10.6 Å². The minimum Gasteiger partial charge on any atom is -0.480 e. The van der Waals surface area contributed by atoms with Gasteiger partial charge in [-0.1, -0.05) is 82.1 Å². The van der Waals surface area contributed by atoms with Gasteiger partial charge in [-0.3, -0.25) is 4.79 Å². The fraction of sp³-hybridized carbons (Fsp3) is 0.464. The van der Waals surface area contributed by atoms with Gasteiger partial charge in [-0.05, 0) is 41.5 Å². The third-order valence-electron chi connectivity index (χ3n) is 6.71. The molecule has 0 heterocycles. The molecule has 2 amide bonds. The number of nitrogens with one attached hydrogen (secondary N) is 2. The molecule has 7 nitrogen and oxygen atoms in total. The van der Waals surface area contributed by atoms with Gasteiger partial charge in [0.15, 0.2) is 0 Å². The van der Waals surface area contributed by atoms with E-state index in [9.17, 15) is 19.5 Å². The first-order chi connectivity index (χ1) is 16.7. The van der Waals surface area contributed by atoms with Crippen LogP contribution in [0, 0.1) is 11.8 Å². The predicted molar refractivity (Wildman–Crippen MR) is 135 cm³/mol. The van der Waals surface area contributed by atoms with E-state index in [-0.39, 0.29) is 24.3 Å². The number of rotatable bonds is 11. The highest BCUT2D eigenvalue weighted by molar-refractivity contribution is 5.86. The largest absolute Gasteiger partial charge is 0.480 e. The first-order valence-corrected chi connectivity index (χ1v) is 12.4. The van der Waals surface area contributed by atoms with Crippen molar-refractivity contribution >= 4 is 18.0 Å².